The van der Waals surface area contributed by atoms with Gasteiger partial charge in [0.2, 0.25) is 11.8 Å². The zero-order valence-electron chi connectivity index (χ0n) is 9.22. The molecule has 84 valence electrons. The first-order chi connectivity index (χ1) is 7.90. The van der Waals surface area contributed by atoms with Gasteiger partial charge in [0.05, 0.1) is 5.75 Å². The highest BCUT2D eigenvalue weighted by Crippen LogP contribution is 2.19. The van der Waals surface area contributed by atoms with E-state index in [9.17, 15) is 0 Å². The van der Waals surface area contributed by atoms with Gasteiger partial charge < -0.3 is 4.42 Å². The van der Waals surface area contributed by atoms with E-state index < -0.39 is 0 Å². The molecule has 0 unspecified atom stereocenters. The summed E-state index contributed by atoms with van der Waals surface area (Å²) in [5.41, 5.74) is 0.974. The maximum absolute atomic E-state index is 5.57. The number of rotatable bonds is 5. The Balaban J connectivity index is 2.02. The lowest BCUT2D eigenvalue weighted by Crippen LogP contribution is -1.81. The molecule has 0 atom stereocenters. The predicted octanol–water partition coefficient (Wildman–Crippen LogP) is 3.38. The average Bonchev–Trinajstić information content (AvgIpc) is 2.79. The molecule has 1 aromatic carbocycles. The van der Waals surface area contributed by atoms with Gasteiger partial charge in [-0.25, -0.2) is 0 Å². The Morgan fingerprint density at radius 1 is 1.19 bits per heavy atom. The molecule has 0 aliphatic carbocycles. The quantitative estimate of drug-likeness (QED) is 0.743. The molecule has 2 rings (SSSR count). The Kier molecular flexibility index (Phi) is 3.99. The Labute approximate surface area is 99.3 Å². The van der Waals surface area contributed by atoms with Crippen LogP contribution in [0.1, 0.15) is 19.2 Å². The summed E-state index contributed by atoms with van der Waals surface area (Å²) < 4.78 is 5.57. The largest absolute Gasteiger partial charge is 0.420 e. The van der Waals surface area contributed by atoms with Gasteiger partial charge >= 0.3 is 0 Å². The first-order valence-electron chi connectivity index (χ1n) is 5.35. The van der Waals surface area contributed by atoms with E-state index in [4.69, 9.17) is 4.42 Å². The molecule has 0 bridgehead atoms. The number of benzene rings is 1. The highest BCUT2D eigenvalue weighted by molar-refractivity contribution is 7.98. The smallest absolute Gasteiger partial charge is 0.247 e. The molecular weight excluding hydrogens is 220 g/mol. The van der Waals surface area contributed by atoms with Gasteiger partial charge in [-0.3, -0.25) is 0 Å². The van der Waals surface area contributed by atoms with Gasteiger partial charge in [-0.05, 0) is 24.3 Å². The summed E-state index contributed by atoms with van der Waals surface area (Å²) in [7, 11) is 0. The molecular formula is C12H14N2OS. The molecule has 0 aliphatic rings. The van der Waals surface area contributed by atoms with Gasteiger partial charge in [-0.2, -0.15) is 11.8 Å². The van der Waals surface area contributed by atoms with Crippen molar-refractivity contribution in [2.24, 2.45) is 0 Å². The van der Waals surface area contributed by atoms with Crippen LogP contribution in [0.15, 0.2) is 34.7 Å². The zero-order valence-corrected chi connectivity index (χ0v) is 10.0. The van der Waals surface area contributed by atoms with Crippen LogP contribution in [0.4, 0.5) is 0 Å². The third-order valence-corrected chi connectivity index (χ3v) is 3.21. The van der Waals surface area contributed by atoms with E-state index in [1.165, 1.54) is 6.42 Å². The molecule has 0 spiro atoms. The molecule has 0 fully saturated rings. The van der Waals surface area contributed by atoms with E-state index in [1.807, 2.05) is 42.1 Å². The molecule has 16 heavy (non-hydrogen) atoms. The molecule has 4 heteroatoms. The van der Waals surface area contributed by atoms with Crippen LogP contribution in [-0.2, 0) is 5.75 Å². The van der Waals surface area contributed by atoms with E-state index in [0.29, 0.717) is 11.8 Å². The fraction of sp³-hybridized carbons (Fsp3) is 0.333. The normalized spacial score (nSPS) is 10.6. The SMILES string of the molecule is CCCSCc1nnc(-c2ccccc2)o1. The van der Waals surface area contributed by atoms with Gasteiger partial charge in [-0.15, -0.1) is 10.2 Å². The fourth-order valence-electron chi connectivity index (χ4n) is 1.31. The maximum atomic E-state index is 5.57. The van der Waals surface area contributed by atoms with Crippen molar-refractivity contribution in [3.63, 3.8) is 0 Å². The second-order valence-corrected chi connectivity index (χ2v) is 4.52. The summed E-state index contributed by atoms with van der Waals surface area (Å²) in [6.07, 6.45) is 1.17. The number of hydrogen-bond acceptors (Lipinski definition) is 4. The van der Waals surface area contributed by atoms with Crippen LogP contribution >= 0.6 is 11.8 Å². The highest BCUT2D eigenvalue weighted by Gasteiger charge is 2.07. The van der Waals surface area contributed by atoms with Gasteiger partial charge in [0.25, 0.3) is 0 Å². The van der Waals surface area contributed by atoms with Gasteiger partial charge in [0.15, 0.2) is 0 Å². The summed E-state index contributed by atoms with van der Waals surface area (Å²) in [5, 5.41) is 8.06. The monoisotopic (exact) mass is 234 g/mol. The van der Waals surface area contributed by atoms with Gasteiger partial charge in [0.1, 0.15) is 0 Å². The minimum Gasteiger partial charge on any atom is -0.420 e. The summed E-state index contributed by atoms with van der Waals surface area (Å²) in [6, 6.07) is 9.83. The molecule has 0 aliphatic heterocycles. The highest BCUT2D eigenvalue weighted by atomic mass is 32.2. The van der Waals surface area contributed by atoms with Crippen LogP contribution in [0.25, 0.3) is 11.5 Å². The Hall–Kier alpha value is -1.29. The van der Waals surface area contributed by atoms with Crippen molar-refractivity contribution in [2.75, 3.05) is 5.75 Å². The van der Waals surface area contributed by atoms with Gasteiger partial charge in [-0.1, -0.05) is 25.1 Å². The zero-order chi connectivity index (χ0) is 11.2. The Morgan fingerprint density at radius 2 is 2.00 bits per heavy atom. The van der Waals surface area contributed by atoms with Crippen molar-refractivity contribution in [3.8, 4) is 11.5 Å². The van der Waals surface area contributed by atoms with Crippen LogP contribution in [0, 0.1) is 0 Å². The van der Waals surface area contributed by atoms with Crippen molar-refractivity contribution in [3.05, 3.63) is 36.2 Å². The Morgan fingerprint density at radius 3 is 2.75 bits per heavy atom. The Bertz CT molecular complexity index is 428. The predicted molar refractivity (Wildman–Crippen MR) is 66.2 cm³/mol. The fourth-order valence-corrected chi connectivity index (χ4v) is 2.04. The summed E-state index contributed by atoms with van der Waals surface area (Å²) in [6.45, 7) is 2.16. The van der Waals surface area contributed by atoms with Crippen LogP contribution in [0.2, 0.25) is 0 Å². The van der Waals surface area contributed by atoms with Crippen LogP contribution in [-0.4, -0.2) is 16.0 Å². The van der Waals surface area contributed by atoms with Crippen molar-refractivity contribution in [1.82, 2.24) is 10.2 Å². The molecule has 1 heterocycles. The average molecular weight is 234 g/mol. The molecule has 2 aromatic rings. The maximum Gasteiger partial charge on any atom is 0.247 e. The first kappa shape index (κ1) is 11.2. The lowest BCUT2D eigenvalue weighted by molar-refractivity contribution is 0.528. The lowest BCUT2D eigenvalue weighted by atomic mass is 10.2. The van der Waals surface area contributed by atoms with Gasteiger partial charge in [0, 0.05) is 5.56 Å². The second kappa shape index (κ2) is 5.70. The lowest BCUT2D eigenvalue weighted by Gasteiger charge is -1.94. The molecule has 3 nitrogen and oxygen atoms in total. The standard InChI is InChI=1S/C12H14N2OS/c1-2-8-16-9-11-13-14-12(15-11)10-6-4-3-5-7-10/h3-7H,2,8-9H2,1H3. The minimum absolute atomic E-state index is 0.604. The minimum atomic E-state index is 0.604. The molecule has 0 saturated heterocycles. The number of nitrogens with zero attached hydrogens (tertiary/aromatic N) is 2. The van der Waals surface area contributed by atoms with Crippen molar-refractivity contribution >= 4 is 11.8 Å². The van der Waals surface area contributed by atoms with E-state index in [0.717, 1.165) is 17.1 Å². The van der Waals surface area contributed by atoms with E-state index in [1.54, 1.807) is 0 Å². The van der Waals surface area contributed by atoms with E-state index in [-0.39, 0.29) is 0 Å². The van der Waals surface area contributed by atoms with E-state index in [2.05, 4.69) is 17.1 Å². The summed E-state index contributed by atoms with van der Waals surface area (Å²) in [4.78, 5) is 0. The summed E-state index contributed by atoms with van der Waals surface area (Å²) >= 11 is 1.82. The van der Waals surface area contributed by atoms with Crippen molar-refractivity contribution < 1.29 is 4.42 Å². The number of hydrogen-bond donors (Lipinski definition) is 0. The first-order valence-corrected chi connectivity index (χ1v) is 6.51. The van der Waals surface area contributed by atoms with Crippen molar-refractivity contribution in [1.29, 1.82) is 0 Å². The van der Waals surface area contributed by atoms with Crippen molar-refractivity contribution in [2.45, 2.75) is 19.1 Å². The van der Waals surface area contributed by atoms with Crippen LogP contribution in [0.3, 0.4) is 0 Å². The summed E-state index contributed by atoms with van der Waals surface area (Å²) in [5.74, 6) is 3.24. The molecule has 0 saturated carbocycles. The second-order valence-electron chi connectivity index (χ2n) is 3.42. The third kappa shape index (κ3) is 2.85. The topological polar surface area (TPSA) is 38.9 Å². The van der Waals surface area contributed by atoms with Crippen LogP contribution < -0.4 is 0 Å². The van der Waals surface area contributed by atoms with E-state index >= 15 is 0 Å². The molecule has 1 aromatic heterocycles. The van der Waals surface area contributed by atoms with Crippen LogP contribution in [0.5, 0.6) is 0 Å². The molecule has 0 N–H and O–H groups in total. The molecule has 0 radical (unpaired) electrons. The number of thioether (sulfide) groups is 1. The number of aromatic nitrogens is 2. The molecule has 0 amide bonds. The third-order valence-electron chi connectivity index (χ3n) is 2.06.